The molecule has 3 nitrogen and oxygen atoms in total. The average Bonchev–Trinajstić information content (AvgIpc) is 2.41. The Balaban J connectivity index is 2.28. The molecule has 1 aliphatic rings. The van der Waals surface area contributed by atoms with Crippen LogP contribution in [0.4, 0.5) is 5.69 Å². The van der Waals surface area contributed by atoms with Crippen molar-refractivity contribution in [2.45, 2.75) is 32.2 Å². The van der Waals surface area contributed by atoms with E-state index in [2.05, 4.69) is 55.9 Å². The highest BCUT2D eigenvalue weighted by molar-refractivity contribution is 5.55. The second kappa shape index (κ2) is 5.51. The second-order valence-corrected chi connectivity index (χ2v) is 6.09. The van der Waals surface area contributed by atoms with Crippen LogP contribution >= 0.6 is 0 Å². The highest BCUT2D eigenvalue weighted by atomic mass is 16.3. The van der Waals surface area contributed by atoms with Gasteiger partial charge in [0.2, 0.25) is 0 Å². The van der Waals surface area contributed by atoms with Gasteiger partial charge in [-0.2, -0.15) is 0 Å². The van der Waals surface area contributed by atoms with Gasteiger partial charge in [-0.25, -0.2) is 0 Å². The highest BCUT2D eigenvalue weighted by Gasteiger charge is 2.37. The lowest BCUT2D eigenvalue weighted by Gasteiger charge is -2.47. The van der Waals surface area contributed by atoms with Crippen LogP contribution in [0.25, 0.3) is 0 Å². The van der Waals surface area contributed by atoms with E-state index in [4.69, 9.17) is 0 Å². The minimum Gasteiger partial charge on any atom is -0.394 e. The first-order valence-corrected chi connectivity index (χ1v) is 7.09. The van der Waals surface area contributed by atoms with E-state index in [9.17, 15) is 5.11 Å². The van der Waals surface area contributed by atoms with Crippen molar-refractivity contribution in [3.8, 4) is 0 Å². The number of aryl methyl sites for hydroxylation is 2. The van der Waals surface area contributed by atoms with Gasteiger partial charge in [-0.05, 0) is 58.0 Å². The summed E-state index contributed by atoms with van der Waals surface area (Å²) in [7, 11) is 4.14. The number of likely N-dealkylation sites (N-methyl/N-ethyl adjacent to an activating group) is 1. The summed E-state index contributed by atoms with van der Waals surface area (Å²) in [5.74, 6) is 0. The van der Waals surface area contributed by atoms with Gasteiger partial charge in [-0.15, -0.1) is 0 Å². The molecule has 1 aliphatic heterocycles. The van der Waals surface area contributed by atoms with E-state index in [-0.39, 0.29) is 12.1 Å². The number of nitrogens with zero attached hydrogens (tertiary/aromatic N) is 2. The predicted octanol–water partition coefficient (Wildman–Crippen LogP) is 2.20. The summed E-state index contributed by atoms with van der Waals surface area (Å²) >= 11 is 0. The summed E-state index contributed by atoms with van der Waals surface area (Å²) in [5.41, 5.74) is 3.83. The molecule has 1 unspecified atom stereocenters. The van der Waals surface area contributed by atoms with E-state index in [0.717, 1.165) is 25.9 Å². The van der Waals surface area contributed by atoms with Crippen LogP contribution in [-0.4, -0.2) is 49.3 Å². The van der Waals surface area contributed by atoms with E-state index in [1.54, 1.807) is 0 Å². The Morgan fingerprint density at radius 2 is 2.05 bits per heavy atom. The van der Waals surface area contributed by atoms with Gasteiger partial charge in [0.1, 0.15) is 0 Å². The van der Waals surface area contributed by atoms with Crippen molar-refractivity contribution in [1.29, 1.82) is 0 Å². The van der Waals surface area contributed by atoms with E-state index in [1.807, 2.05) is 0 Å². The third-order valence-electron chi connectivity index (χ3n) is 4.50. The predicted molar refractivity (Wildman–Crippen MR) is 80.9 cm³/mol. The zero-order chi connectivity index (χ0) is 14.0. The molecular weight excluding hydrogens is 236 g/mol. The fraction of sp³-hybridized carbons (Fsp3) is 0.625. The fourth-order valence-electron chi connectivity index (χ4n) is 3.01. The molecule has 1 heterocycles. The summed E-state index contributed by atoms with van der Waals surface area (Å²) in [6, 6.07) is 6.61. The molecule has 1 aromatic rings. The largest absolute Gasteiger partial charge is 0.394 e. The molecule has 1 fully saturated rings. The number of aliphatic hydroxyl groups is 1. The first kappa shape index (κ1) is 14.4. The molecule has 0 amide bonds. The number of benzene rings is 1. The Bertz CT molecular complexity index is 444. The van der Waals surface area contributed by atoms with Gasteiger partial charge in [0.05, 0.1) is 12.1 Å². The van der Waals surface area contributed by atoms with Crippen LogP contribution in [0.2, 0.25) is 0 Å². The van der Waals surface area contributed by atoms with Crippen LogP contribution in [0.5, 0.6) is 0 Å². The van der Waals surface area contributed by atoms with Gasteiger partial charge >= 0.3 is 0 Å². The average molecular weight is 262 g/mol. The lowest BCUT2D eigenvalue weighted by Crippen LogP contribution is -2.58. The number of anilines is 1. The molecule has 1 aromatic carbocycles. The number of rotatable bonds is 3. The Labute approximate surface area is 116 Å². The first-order valence-electron chi connectivity index (χ1n) is 7.09. The Morgan fingerprint density at radius 3 is 2.68 bits per heavy atom. The maximum atomic E-state index is 9.83. The maximum absolute atomic E-state index is 9.83. The number of hydrogen-bond donors (Lipinski definition) is 1. The summed E-state index contributed by atoms with van der Waals surface area (Å²) in [6.07, 6.45) is 2.20. The molecule has 1 atom stereocenters. The van der Waals surface area contributed by atoms with Crippen LogP contribution in [0.1, 0.15) is 24.0 Å². The standard InChI is InChI=1S/C16H26N2O/c1-13-6-7-14(2)15(10-13)18-9-5-8-16(11-18,12-19)17(3)4/h6-7,10,19H,5,8-9,11-12H2,1-4H3. The molecule has 2 rings (SSSR count). The van der Waals surface area contributed by atoms with Crippen LogP contribution in [0.15, 0.2) is 18.2 Å². The van der Waals surface area contributed by atoms with Gasteiger partial charge in [-0.1, -0.05) is 12.1 Å². The second-order valence-electron chi connectivity index (χ2n) is 6.09. The van der Waals surface area contributed by atoms with Crippen LogP contribution in [-0.2, 0) is 0 Å². The lowest BCUT2D eigenvalue weighted by molar-refractivity contribution is 0.0547. The summed E-state index contributed by atoms with van der Waals surface area (Å²) in [6.45, 7) is 6.51. The smallest absolute Gasteiger partial charge is 0.0632 e. The molecule has 1 N–H and O–H groups in total. The van der Waals surface area contributed by atoms with Crippen LogP contribution in [0.3, 0.4) is 0 Å². The molecule has 1 saturated heterocycles. The van der Waals surface area contributed by atoms with Gasteiger partial charge in [0.25, 0.3) is 0 Å². The van der Waals surface area contributed by atoms with E-state index in [1.165, 1.54) is 16.8 Å². The summed E-state index contributed by atoms with van der Waals surface area (Å²) in [4.78, 5) is 4.62. The minimum atomic E-state index is -0.103. The van der Waals surface area contributed by atoms with Crippen molar-refractivity contribution in [2.75, 3.05) is 38.7 Å². The molecule has 0 saturated carbocycles. The molecule has 0 spiro atoms. The fourth-order valence-corrected chi connectivity index (χ4v) is 3.01. The Morgan fingerprint density at radius 1 is 1.32 bits per heavy atom. The van der Waals surface area contributed by atoms with Crippen molar-refractivity contribution >= 4 is 5.69 Å². The Hall–Kier alpha value is -1.06. The van der Waals surface area contributed by atoms with Crippen molar-refractivity contribution in [2.24, 2.45) is 0 Å². The highest BCUT2D eigenvalue weighted by Crippen LogP contribution is 2.31. The van der Waals surface area contributed by atoms with Crippen molar-refractivity contribution in [3.05, 3.63) is 29.3 Å². The van der Waals surface area contributed by atoms with Crippen molar-refractivity contribution in [3.63, 3.8) is 0 Å². The van der Waals surface area contributed by atoms with E-state index in [0.29, 0.717) is 0 Å². The summed E-state index contributed by atoms with van der Waals surface area (Å²) < 4.78 is 0. The number of piperidine rings is 1. The lowest BCUT2D eigenvalue weighted by atomic mass is 9.88. The molecule has 0 aliphatic carbocycles. The molecule has 0 bridgehead atoms. The third kappa shape index (κ3) is 2.77. The Kier molecular flexibility index (Phi) is 4.16. The molecule has 106 valence electrons. The number of aliphatic hydroxyl groups excluding tert-OH is 1. The summed E-state index contributed by atoms with van der Waals surface area (Å²) in [5, 5.41) is 9.83. The third-order valence-corrected chi connectivity index (χ3v) is 4.50. The molecule has 19 heavy (non-hydrogen) atoms. The van der Waals surface area contributed by atoms with Gasteiger partial charge in [0, 0.05) is 18.8 Å². The van der Waals surface area contributed by atoms with Gasteiger partial charge < -0.3 is 10.0 Å². The molecule has 3 heteroatoms. The normalized spacial score (nSPS) is 24.0. The van der Waals surface area contributed by atoms with Crippen molar-refractivity contribution < 1.29 is 5.11 Å². The minimum absolute atomic E-state index is 0.103. The number of hydrogen-bond acceptors (Lipinski definition) is 3. The quantitative estimate of drug-likeness (QED) is 0.904. The van der Waals surface area contributed by atoms with E-state index < -0.39 is 0 Å². The van der Waals surface area contributed by atoms with E-state index >= 15 is 0 Å². The first-order chi connectivity index (χ1) is 8.98. The van der Waals surface area contributed by atoms with Gasteiger partial charge in [0.15, 0.2) is 0 Å². The maximum Gasteiger partial charge on any atom is 0.0632 e. The molecule has 0 radical (unpaired) electrons. The van der Waals surface area contributed by atoms with Crippen LogP contribution in [0, 0.1) is 13.8 Å². The zero-order valence-corrected chi connectivity index (χ0v) is 12.6. The molecular formula is C16H26N2O. The monoisotopic (exact) mass is 262 g/mol. The molecule has 0 aromatic heterocycles. The SMILES string of the molecule is Cc1ccc(C)c(N2CCCC(CO)(N(C)C)C2)c1. The van der Waals surface area contributed by atoms with Gasteiger partial charge in [-0.3, -0.25) is 4.90 Å². The van der Waals surface area contributed by atoms with Crippen LogP contribution < -0.4 is 4.90 Å². The van der Waals surface area contributed by atoms with Crippen molar-refractivity contribution in [1.82, 2.24) is 4.90 Å². The zero-order valence-electron chi connectivity index (χ0n) is 12.6. The topological polar surface area (TPSA) is 26.7 Å².